The van der Waals surface area contributed by atoms with Crippen molar-refractivity contribution < 1.29 is 4.79 Å². The molecule has 0 heterocycles. The largest absolute Gasteiger partial charge is 0.344 e. The van der Waals surface area contributed by atoms with Gasteiger partial charge in [0, 0.05) is 20.0 Å². The molecule has 3 heteroatoms. The molecule has 0 aliphatic heterocycles. The van der Waals surface area contributed by atoms with Crippen molar-refractivity contribution in [3.8, 4) is 12.3 Å². The molecule has 0 rings (SSSR count). The van der Waals surface area contributed by atoms with Crippen LogP contribution in [0.5, 0.6) is 0 Å². The topological polar surface area (TPSA) is 46.3 Å². The van der Waals surface area contributed by atoms with E-state index < -0.39 is 6.04 Å². The third kappa shape index (κ3) is 4.29. The predicted octanol–water partition coefficient (Wildman–Crippen LogP) is 0.841. The summed E-state index contributed by atoms with van der Waals surface area (Å²) < 4.78 is 0. The van der Waals surface area contributed by atoms with Crippen LogP contribution in [0.15, 0.2) is 0 Å². The molecule has 0 fully saturated rings. The fourth-order valence-corrected chi connectivity index (χ4v) is 1.18. The summed E-state index contributed by atoms with van der Waals surface area (Å²) in [4.78, 5) is 13.3. The molecule has 0 saturated carbocycles. The summed E-state index contributed by atoms with van der Waals surface area (Å²) in [6.07, 6.45) is 6.46. The Kier molecular flexibility index (Phi) is 5.98. The van der Waals surface area contributed by atoms with Gasteiger partial charge in [-0.25, -0.2) is 0 Å². The molecule has 14 heavy (non-hydrogen) atoms. The van der Waals surface area contributed by atoms with Gasteiger partial charge in [-0.1, -0.05) is 20.3 Å². The van der Waals surface area contributed by atoms with E-state index >= 15 is 0 Å². The number of rotatable bonds is 5. The molecule has 0 aliphatic carbocycles. The molecule has 0 aromatic heterocycles. The molecule has 80 valence electrons. The van der Waals surface area contributed by atoms with Crippen LogP contribution >= 0.6 is 0 Å². The molecule has 1 amide bonds. The van der Waals surface area contributed by atoms with Crippen LogP contribution in [0.1, 0.15) is 26.7 Å². The normalized spacial score (nSPS) is 14.2. The molecule has 0 spiro atoms. The Morgan fingerprint density at radius 1 is 1.64 bits per heavy atom. The first kappa shape index (κ1) is 13.0. The van der Waals surface area contributed by atoms with Gasteiger partial charge in [-0.05, 0) is 5.92 Å². The van der Waals surface area contributed by atoms with Gasteiger partial charge < -0.3 is 10.6 Å². The van der Waals surface area contributed by atoms with E-state index in [1.54, 1.807) is 11.9 Å². The summed E-state index contributed by atoms with van der Waals surface area (Å²) in [7, 11) is 1.77. The molecule has 0 aromatic carbocycles. The lowest BCUT2D eigenvalue weighted by atomic mass is 10.1. The van der Waals surface area contributed by atoms with Crippen molar-refractivity contribution in [2.24, 2.45) is 11.7 Å². The lowest BCUT2D eigenvalue weighted by molar-refractivity contribution is -0.131. The number of hydrogen-bond donors (Lipinski definition) is 1. The van der Waals surface area contributed by atoms with Crippen molar-refractivity contribution in [3.63, 3.8) is 0 Å². The molecule has 3 nitrogen and oxygen atoms in total. The van der Waals surface area contributed by atoms with E-state index in [9.17, 15) is 4.79 Å². The monoisotopic (exact) mass is 196 g/mol. The van der Waals surface area contributed by atoms with Crippen LogP contribution in [0.2, 0.25) is 0 Å². The van der Waals surface area contributed by atoms with Crippen molar-refractivity contribution in [2.45, 2.75) is 32.7 Å². The highest BCUT2D eigenvalue weighted by Crippen LogP contribution is 2.04. The van der Waals surface area contributed by atoms with Gasteiger partial charge in [-0.2, -0.15) is 0 Å². The first-order valence-electron chi connectivity index (χ1n) is 4.96. The maximum absolute atomic E-state index is 11.6. The van der Waals surface area contributed by atoms with Gasteiger partial charge in [0.05, 0.1) is 6.04 Å². The van der Waals surface area contributed by atoms with Crippen molar-refractivity contribution in [3.05, 3.63) is 0 Å². The number of terminal acetylenes is 1. The molecule has 2 unspecified atom stereocenters. The second kappa shape index (κ2) is 6.44. The van der Waals surface area contributed by atoms with Gasteiger partial charge in [-0.15, -0.1) is 12.3 Å². The van der Waals surface area contributed by atoms with E-state index in [1.807, 2.05) is 0 Å². The molecule has 0 bridgehead atoms. The van der Waals surface area contributed by atoms with E-state index in [4.69, 9.17) is 12.2 Å². The van der Waals surface area contributed by atoms with Crippen molar-refractivity contribution in [1.82, 2.24) is 4.90 Å². The molecule has 0 radical (unpaired) electrons. The predicted molar refractivity (Wildman–Crippen MR) is 58.5 cm³/mol. The van der Waals surface area contributed by atoms with Gasteiger partial charge >= 0.3 is 0 Å². The molecule has 0 aliphatic rings. The van der Waals surface area contributed by atoms with Gasteiger partial charge in [-0.3, -0.25) is 4.79 Å². The Balaban J connectivity index is 4.05. The second-order valence-electron chi connectivity index (χ2n) is 3.75. The Morgan fingerprint density at radius 2 is 2.21 bits per heavy atom. The Bertz CT molecular complexity index is 220. The number of nitrogens with zero attached hydrogens (tertiary/aromatic N) is 1. The quantitative estimate of drug-likeness (QED) is 0.662. The van der Waals surface area contributed by atoms with E-state index in [0.29, 0.717) is 12.3 Å². The van der Waals surface area contributed by atoms with Crippen molar-refractivity contribution in [2.75, 3.05) is 13.6 Å². The van der Waals surface area contributed by atoms with Gasteiger partial charge in [0.15, 0.2) is 0 Å². The lowest BCUT2D eigenvalue weighted by Gasteiger charge is -2.23. The first-order chi connectivity index (χ1) is 6.52. The third-order valence-electron chi connectivity index (χ3n) is 2.31. The van der Waals surface area contributed by atoms with Crippen molar-refractivity contribution in [1.29, 1.82) is 0 Å². The minimum Gasteiger partial charge on any atom is -0.344 e. The summed E-state index contributed by atoms with van der Waals surface area (Å²) in [6.45, 7) is 4.95. The first-order valence-corrected chi connectivity index (χ1v) is 4.96. The number of nitrogens with two attached hydrogens (primary N) is 1. The number of carbonyl (C=O) groups excluding carboxylic acids is 1. The lowest BCUT2D eigenvalue weighted by Crippen LogP contribution is -2.43. The average Bonchev–Trinajstić information content (AvgIpc) is 2.16. The van der Waals surface area contributed by atoms with Crippen LogP contribution in [0, 0.1) is 18.3 Å². The highest BCUT2D eigenvalue weighted by atomic mass is 16.2. The Labute approximate surface area is 86.6 Å². The number of likely N-dealkylation sites (N-methyl/N-ethyl adjacent to an activating group) is 1. The fraction of sp³-hybridized carbons (Fsp3) is 0.727. The van der Waals surface area contributed by atoms with E-state index in [1.165, 1.54) is 0 Å². The van der Waals surface area contributed by atoms with Gasteiger partial charge in [0.25, 0.3) is 0 Å². The highest BCUT2D eigenvalue weighted by molar-refractivity contribution is 5.81. The van der Waals surface area contributed by atoms with E-state index in [2.05, 4.69) is 19.8 Å². The van der Waals surface area contributed by atoms with Crippen LogP contribution in [0.25, 0.3) is 0 Å². The average molecular weight is 196 g/mol. The fourth-order valence-electron chi connectivity index (χ4n) is 1.18. The molecular formula is C11H20N2O. The number of hydrogen-bond acceptors (Lipinski definition) is 2. The van der Waals surface area contributed by atoms with Crippen LogP contribution < -0.4 is 5.73 Å². The SMILES string of the molecule is C#CCC(N)C(=O)N(C)CC(C)CC. The van der Waals surface area contributed by atoms with Crippen LogP contribution in [0.3, 0.4) is 0 Å². The summed E-state index contributed by atoms with van der Waals surface area (Å²) in [5, 5.41) is 0. The minimum atomic E-state index is -0.547. The summed E-state index contributed by atoms with van der Waals surface area (Å²) in [5.74, 6) is 2.83. The maximum atomic E-state index is 11.6. The zero-order valence-corrected chi connectivity index (χ0v) is 9.29. The zero-order chi connectivity index (χ0) is 11.1. The summed E-state index contributed by atoms with van der Waals surface area (Å²) in [5.41, 5.74) is 5.61. The number of amides is 1. The van der Waals surface area contributed by atoms with E-state index in [0.717, 1.165) is 13.0 Å². The standard InChI is InChI=1S/C11H20N2O/c1-5-7-10(12)11(14)13(4)8-9(3)6-2/h1,9-10H,6-8,12H2,2-4H3. The van der Waals surface area contributed by atoms with Crippen LogP contribution in [-0.2, 0) is 4.79 Å². The highest BCUT2D eigenvalue weighted by Gasteiger charge is 2.17. The van der Waals surface area contributed by atoms with Crippen LogP contribution in [-0.4, -0.2) is 30.4 Å². The molecule has 0 aromatic rings. The minimum absolute atomic E-state index is 0.0664. The molecular weight excluding hydrogens is 176 g/mol. The molecule has 0 saturated heterocycles. The third-order valence-corrected chi connectivity index (χ3v) is 2.31. The number of carbonyl (C=O) groups is 1. The maximum Gasteiger partial charge on any atom is 0.240 e. The molecule has 2 N–H and O–H groups in total. The smallest absolute Gasteiger partial charge is 0.240 e. The van der Waals surface area contributed by atoms with Gasteiger partial charge in [0.2, 0.25) is 5.91 Å². The summed E-state index contributed by atoms with van der Waals surface area (Å²) >= 11 is 0. The van der Waals surface area contributed by atoms with Gasteiger partial charge in [0.1, 0.15) is 0 Å². The van der Waals surface area contributed by atoms with Crippen LogP contribution in [0.4, 0.5) is 0 Å². The second-order valence-corrected chi connectivity index (χ2v) is 3.75. The Hall–Kier alpha value is -1.01. The zero-order valence-electron chi connectivity index (χ0n) is 9.29. The van der Waals surface area contributed by atoms with E-state index in [-0.39, 0.29) is 5.91 Å². The Morgan fingerprint density at radius 3 is 2.64 bits per heavy atom. The van der Waals surface area contributed by atoms with Crippen molar-refractivity contribution >= 4 is 5.91 Å². The summed E-state index contributed by atoms with van der Waals surface area (Å²) in [6, 6.07) is -0.547. The molecule has 2 atom stereocenters.